The molecular weight excluding hydrogens is 443 g/mol. The van der Waals surface area contributed by atoms with Gasteiger partial charge in [0.15, 0.2) is 0 Å². The molecule has 32 heavy (non-hydrogen) atoms. The molecule has 0 bridgehead atoms. The number of nitrogens with zero attached hydrogens (tertiary/aromatic N) is 2. The maximum atomic E-state index is 9.87. The second kappa shape index (κ2) is 10.3. The van der Waals surface area contributed by atoms with Crippen molar-refractivity contribution < 1.29 is 5.11 Å². The molecule has 0 spiro atoms. The van der Waals surface area contributed by atoms with E-state index in [1.54, 1.807) is 12.1 Å². The van der Waals surface area contributed by atoms with Crippen molar-refractivity contribution in [3.63, 3.8) is 0 Å². The molecule has 1 aliphatic heterocycles. The predicted octanol–water partition coefficient (Wildman–Crippen LogP) is 5.49. The molecule has 0 amide bonds. The minimum atomic E-state index is 0. The van der Waals surface area contributed by atoms with E-state index in [2.05, 4.69) is 59.5 Å². The molecule has 0 radical (unpaired) electrons. The first-order valence-corrected chi connectivity index (χ1v) is 11.3. The summed E-state index contributed by atoms with van der Waals surface area (Å²) in [4.78, 5) is 6.90. The monoisotopic (exact) mass is 474 g/mol. The zero-order valence-electron chi connectivity index (χ0n) is 18.8. The summed E-state index contributed by atoms with van der Waals surface area (Å²) in [5, 5.41) is 19.2. The predicted molar refractivity (Wildman–Crippen MR) is 136 cm³/mol. The van der Waals surface area contributed by atoms with E-state index >= 15 is 0 Å². The van der Waals surface area contributed by atoms with Crippen molar-refractivity contribution in [2.75, 3.05) is 11.4 Å². The Morgan fingerprint density at radius 2 is 1.88 bits per heavy atom. The third-order valence-electron chi connectivity index (χ3n) is 5.71. The average molecular weight is 475 g/mol. The molecule has 2 atom stereocenters. The molecule has 7 heteroatoms. The number of anilines is 1. The van der Waals surface area contributed by atoms with E-state index in [9.17, 15) is 5.11 Å². The van der Waals surface area contributed by atoms with Gasteiger partial charge in [-0.3, -0.25) is 10.3 Å². The van der Waals surface area contributed by atoms with E-state index in [0.29, 0.717) is 6.04 Å². The third-order valence-corrected chi connectivity index (χ3v) is 5.96. The van der Waals surface area contributed by atoms with Crippen LogP contribution in [-0.2, 0) is 6.54 Å². The van der Waals surface area contributed by atoms with E-state index < -0.39 is 0 Å². The van der Waals surface area contributed by atoms with Crippen molar-refractivity contribution in [3.05, 3.63) is 65.3 Å². The van der Waals surface area contributed by atoms with Gasteiger partial charge >= 0.3 is 0 Å². The van der Waals surface area contributed by atoms with Crippen LogP contribution in [-0.4, -0.2) is 34.4 Å². The molecule has 4 rings (SSSR count). The molecular formula is C25H32Cl2N4O. The fourth-order valence-electron chi connectivity index (χ4n) is 4.40. The van der Waals surface area contributed by atoms with Crippen LogP contribution in [0.3, 0.4) is 0 Å². The largest absolute Gasteiger partial charge is 0.508 e. The van der Waals surface area contributed by atoms with Crippen molar-refractivity contribution in [1.82, 2.24) is 15.6 Å². The van der Waals surface area contributed by atoms with Crippen LogP contribution >= 0.6 is 24.0 Å². The van der Waals surface area contributed by atoms with Gasteiger partial charge in [0.1, 0.15) is 5.75 Å². The summed E-state index contributed by atoms with van der Waals surface area (Å²) in [6, 6.07) is 15.9. The average Bonchev–Trinajstić information content (AvgIpc) is 2.72. The molecule has 2 heterocycles. The number of rotatable bonds is 5. The minimum absolute atomic E-state index is 0. The first-order valence-electron chi connectivity index (χ1n) is 10.9. The number of aromatic nitrogens is 1. The molecule has 1 saturated heterocycles. The number of phenols is 1. The summed E-state index contributed by atoms with van der Waals surface area (Å²) in [6.45, 7) is 8.37. The lowest BCUT2D eigenvalue weighted by molar-refractivity contribution is 0.269. The van der Waals surface area contributed by atoms with E-state index in [1.165, 1.54) is 5.56 Å². The Hall–Kier alpha value is -2.05. The second-order valence-corrected chi connectivity index (χ2v) is 9.80. The van der Waals surface area contributed by atoms with Gasteiger partial charge in [0.25, 0.3) is 0 Å². The number of hydrogen-bond acceptors (Lipinski definition) is 5. The van der Waals surface area contributed by atoms with Crippen molar-refractivity contribution in [2.24, 2.45) is 0 Å². The maximum Gasteiger partial charge on any atom is 0.117 e. The lowest BCUT2D eigenvalue weighted by Crippen LogP contribution is -2.57. The lowest BCUT2D eigenvalue weighted by atomic mass is 9.96. The van der Waals surface area contributed by atoms with Gasteiger partial charge < -0.3 is 15.3 Å². The summed E-state index contributed by atoms with van der Waals surface area (Å²) in [7, 11) is 0. The molecule has 5 nitrogen and oxygen atoms in total. The quantitative estimate of drug-likeness (QED) is 0.456. The Bertz CT molecular complexity index is 1040. The van der Waals surface area contributed by atoms with E-state index in [-0.39, 0.29) is 29.9 Å². The smallest absolute Gasteiger partial charge is 0.117 e. The zero-order chi connectivity index (χ0) is 22.0. The van der Waals surface area contributed by atoms with Crippen LogP contribution in [0.2, 0.25) is 5.02 Å². The van der Waals surface area contributed by atoms with Gasteiger partial charge in [0.05, 0.1) is 11.7 Å². The molecule has 1 aromatic heterocycles. The van der Waals surface area contributed by atoms with E-state index in [1.807, 2.05) is 24.4 Å². The third kappa shape index (κ3) is 6.04. The number of nitrogens with one attached hydrogen (secondary N) is 2. The van der Waals surface area contributed by atoms with Crippen LogP contribution in [0.4, 0.5) is 5.69 Å². The number of piperidine rings is 1. The van der Waals surface area contributed by atoms with Gasteiger partial charge in [-0.1, -0.05) is 23.7 Å². The number of benzene rings is 2. The van der Waals surface area contributed by atoms with Crippen molar-refractivity contribution in [1.29, 1.82) is 0 Å². The first-order chi connectivity index (χ1) is 14.8. The summed E-state index contributed by atoms with van der Waals surface area (Å²) < 4.78 is 0. The highest BCUT2D eigenvalue weighted by Gasteiger charge is 2.31. The van der Waals surface area contributed by atoms with E-state index in [0.717, 1.165) is 47.5 Å². The molecule has 2 unspecified atom stereocenters. The van der Waals surface area contributed by atoms with Crippen LogP contribution < -0.4 is 15.5 Å². The van der Waals surface area contributed by atoms with Gasteiger partial charge in [-0.15, -0.1) is 12.4 Å². The van der Waals surface area contributed by atoms with Crippen LogP contribution in [0.5, 0.6) is 5.75 Å². The van der Waals surface area contributed by atoms with Gasteiger partial charge in [-0.25, -0.2) is 0 Å². The summed E-state index contributed by atoms with van der Waals surface area (Å²) in [5.74, 6) is 0.239. The fraction of sp³-hybridized carbons (Fsp3) is 0.400. The van der Waals surface area contributed by atoms with Crippen molar-refractivity contribution >= 4 is 40.6 Å². The van der Waals surface area contributed by atoms with E-state index in [4.69, 9.17) is 11.6 Å². The number of phenolic OH excluding ortho intramolecular Hbond substituents is 1. The normalized spacial score (nSPS) is 19.1. The Balaban J connectivity index is 0.00000289. The molecule has 1 fully saturated rings. The summed E-state index contributed by atoms with van der Waals surface area (Å²) in [6.07, 6.45) is 4.06. The Morgan fingerprint density at radius 1 is 1.12 bits per heavy atom. The lowest BCUT2D eigenvalue weighted by Gasteiger charge is -2.43. The van der Waals surface area contributed by atoms with Crippen LogP contribution in [0.15, 0.2) is 54.7 Å². The number of halogens is 2. The van der Waals surface area contributed by atoms with Crippen LogP contribution in [0, 0.1) is 0 Å². The molecule has 0 aliphatic carbocycles. The van der Waals surface area contributed by atoms with Crippen molar-refractivity contribution in [3.8, 4) is 5.75 Å². The number of fused-ring (bicyclic) bond motifs is 1. The fourth-order valence-corrected chi connectivity index (χ4v) is 4.53. The first kappa shape index (κ1) is 24.6. The molecule has 1 aliphatic rings. The Morgan fingerprint density at radius 3 is 2.59 bits per heavy atom. The van der Waals surface area contributed by atoms with Gasteiger partial charge in [0.2, 0.25) is 0 Å². The minimum Gasteiger partial charge on any atom is -0.508 e. The molecule has 3 aromatic rings. The Labute approximate surface area is 201 Å². The number of hydrogen-bond donors (Lipinski definition) is 3. The molecule has 172 valence electrons. The maximum absolute atomic E-state index is 9.87. The van der Waals surface area contributed by atoms with Crippen molar-refractivity contribution in [2.45, 2.75) is 57.9 Å². The Kier molecular flexibility index (Phi) is 7.88. The topological polar surface area (TPSA) is 60.4 Å². The van der Waals surface area contributed by atoms with Gasteiger partial charge in [-0.05, 0) is 69.5 Å². The molecule has 2 aromatic carbocycles. The highest BCUT2D eigenvalue weighted by Crippen LogP contribution is 2.32. The second-order valence-electron chi connectivity index (χ2n) is 9.36. The van der Waals surface area contributed by atoms with Crippen LogP contribution in [0.25, 0.3) is 10.9 Å². The zero-order valence-corrected chi connectivity index (χ0v) is 20.4. The highest BCUT2D eigenvalue weighted by molar-refractivity contribution is 6.30. The highest BCUT2D eigenvalue weighted by atomic mass is 35.5. The molecule has 3 N–H and O–H groups in total. The number of aromatic hydroxyl groups is 1. The van der Waals surface area contributed by atoms with Gasteiger partial charge in [-0.2, -0.15) is 0 Å². The van der Waals surface area contributed by atoms with Gasteiger partial charge in [0, 0.05) is 53.0 Å². The summed E-state index contributed by atoms with van der Waals surface area (Å²) in [5.41, 5.74) is 3.24. The summed E-state index contributed by atoms with van der Waals surface area (Å²) >= 11 is 6.05. The number of pyridine rings is 1. The standard InChI is InChI=1S/C25H31ClN4O.ClH/c1-25(2,3)29-19-11-13-30(23-10-12-27-22-15-20(31)8-9-21(22)23)24(14-19)28-16-17-4-6-18(26)7-5-17;/h4-10,12,15,19,24,28-29,31H,11,13-14,16H2,1-3H3;1H. The molecule has 0 saturated carbocycles. The van der Waals surface area contributed by atoms with Crippen LogP contribution in [0.1, 0.15) is 39.2 Å². The SMILES string of the molecule is CC(C)(C)NC1CCN(c2ccnc3cc(O)ccc23)C(NCc2ccc(Cl)cc2)C1.Cl.